The van der Waals surface area contributed by atoms with Crippen LogP contribution >= 0.6 is 0 Å². The summed E-state index contributed by atoms with van der Waals surface area (Å²) >= 11 is 0. The Bertz CT molecular complexity index is 2060. The smallest absolute Gasteiger partial charge is 0.726 e. The van der Waals surface area contributed by atoms with Gasteiger partial charge in [-0.1, -0.05) is 30.3 Å². The summed E-state index contributed by atoms with van der Waals surface area (Å²) in [7, 11) is -5.77. The first-order valence-electron chi connectivity index (χ1n) is 21.0. The summed E-state index contributed by atoms with van der Waals surface area (Å²) in [6, 6.07) is 4.81. The van der Waals surface area contributed by atoms with Crippen molar-refractivity contribution in [3.8, 4) is 0 Å². The number of amides is 3. The zero-order valence-electron chi connectivity index (χ0n) is 39.6. The Morgan fingerprint density at radius 3 is 1.66 bits per heavy atom. The SMILES string of the molecule is CC(=O)N[C@H]1[C@H](OCCNC(=O)OCc2ccccc2)O[C@H](CO)[C@H](OS(=O)(=O)[O-])[C@@H]1O[C@@H]1O[C@H](C(=O)[O-])[C@@H](O[C@@H]2O[C@H](CO)[C@H](O)[C@H](O[C@@H]3O[C@H](C(=O)[O-])[C@@H](O)[C@H](O)[C@H]3O)[C@H]2NC(C)=O)[C@H](O)[C@H]1O.[Na+].[Na+].[Na+]. The van der Waals surface area contributed by atoms with Crippen LogP contribution in [0.2, 0.25) is 0 Å². The molecular weight excluding hydrogens is 1050 g/mol. The average molecular weight is 1100 g/mol. The molecule has 0 bridgehead atoms. The summed E-state index contributed by atoms with van der Waals surface area (Å²) < 4.78 is 90.2. The van der Waals surface area contributed by atoms with Gasteiger partial charge in [-0.2, -0.15) is 0 Å². The van der Waals surface area contributed by atoms with Crippen LogP contribution in [0.3, 0.4) is 0 Å². The fourth-order valence-electron chi connectivity index (χ4n) is 7.74. The molecular formula is C38H52N3Na3O28S. The predicted molar refractivity (Wildman–Crippen MR) is 210 cm³/mol. The molecule has 0 unspecified atom stereocenters. The average Bonchev–Trinajstić information content (AvgIpc) is 3.29. The molecule has 4 saturated heterocycles. The first kappa shape index (κ1) is 67.7. The molecule has 0 aromatic heterocycles. The number of carboxylic acids is 2. The molecule has 4 heterocycles. The first-order chi connectivity index (χ1) is 33.0. The molecule has 4 aliphatic rings. The molecule has 1 aromatic rings. The molecule has 0 radical (unpaired) electrons. The van der Waals surface area contributed by atoms with Crippen LogP contribution in [0.4, 0.5) is 4.79 Å². The van der Waals surface area contributed by atoms with E-state index in [1.54, 1.807) is 30.3 Å². The Morgan fingerprint density at radius 1 is 0.616 bits per heavy atom. The number of aliphatic hydroxyl groups is 8. The van der Waals surface area contributed by atoms with Crippen LogP contribution in [0, 0.1) is 0 Å². The van der Waals surface area contributed by atoms with Gasteiger partial charge in [0.2, 0.25) is 22.2 Å². The Morgan fingerprint density at radius 2 is 1.12 bits per heavy atom. The minimum absolute atomic E-state index is 0. The van der Waals surface area contributed by atoms with Gasteiger partial charge in [-0.3, -0.25) is 13.8 Å². The van der Waals surface area contributed by atoms with Gasteiger partial charge in [0, 0.05) is 20.4 Å². The second-order valence-corrected chi connectivity index (χ2v) is 17.0. The van der Waals surface area contributed by atoms with Gasteiger partial charge in [0.15, 0.2) is 25.2 Å². The molecule has 20 atom stereocenters. The molecule has 0 spiro atoms. The molecule has 0 aliphatic carbocycles. The van der Waals surface area contributed by atoms with E-state index < -0.39 is 183 Å². The Labute approximate surface area is 481 Å². The minimum atomic E-state index is -5.77. The van der Waals surface area contributed by atoms with Gasteiger partial charge in [-0.15, -0.1) is 0 Å². The summed E-state index contributed by atoms with van der Waals surface area (Å²) in [5.41, 5.74) is 0.663. The largest absolute Gasteiger partial charge is 1.00 e. The van der Waals surface area contributed by atoms with E-state index in [1.165, 1.54) is 0 Å². The molecule has 4 fully saturated rings. The standard InChI is InChI=1S/C38H55N3O28S.3Na/c1-13(44)40-18-27(64-36-24(50)21(47)22(48)30(67-36)32(52)53)20(46)16(10-42)62-35(18)66-29-23(49)25(51)37(68-31(29)33(54)55)65-28-19(41-14(2)45)34(63-17(11-43)26(28)69-70(57,58)59)60-9-8-39-38(56)61-12-15-6-4-3-5-7-15;;;/h3-7,16-31,34-37,42-43,46-51H,8-12H2,1-2H3,(H,39,56)(H,40,44)(H,41,45)(H,52,53)(H,54,55)(H,57,58,59);;;/q;3*+1/p-3/t16-,17-,18-,19-,20+,21+,22+,23-,24-,25-,26+,27-,28-,29+,30+,31+,34-,35+,36-,37-;;;/m1.../s1. The number of alkyl carbamates (subject to hydrolysis) is 1. The van der Waals surface area contributed by atoms with Crippen molar-refractivity contribution in [1.82, 2.24) is 16.0 Å². The number of carbonyl (C=O) groups is 5. The van der Waals surface area contributed by atoms with Crippen molar-refractivity contribution in [2.24, 2.45) is 0 Å². The minimum Gasteiger partial charge on any atom is -0.726 e. The summed E-state index contributed by atoms with van der Waals surface area (Å²) in [4.78, 5) is 61.6. The van der Waals surface area contributed by atoms with E-state index in [2.05, 4.69) is 20.1 Å². The van der Waals surface area contributed by atoms with Crippen LogP contribution in [0.25, 0.3) is 0 Å². The zero-order valence-corrected chi connectivity index (χ0v) is 46.4. The third-order valence-corrected chi connectivity index (χ3v) is 11.4. The molecule has 11 N–H and O–H groups in total. The number of hydrogen-bond acceptors (Lipinski definition) is 28. The molecule has 73 heavy (non-hydrogen) atoms. The number of hydrogen-bond donors (Lipinski definition) is 11. The van der Waals surface area contributed by atoms with E-state index in [0.29, 0.717) is 5.56 Å². The van der Waals surface area contributed by atoms with Crippen molar-refractivity contribution in [1.29, 1.82) is 0 Å². The number of carboxylic acid groups (broad SMARTS) is 2. The topological polar surface area (TPSA) is 479 Å². The second-order valence-electron chi connectivity index (χ2n) is 16.0. The van der Waals surface area contributed by atoms with Crippen LogP contribution in [0.15, 0.2) is 30.3 Å². The Balaban J connectivity index is 0.00000608. The first-order valence-corrected chi connectivity index (χ1v) is 22.3. The maximum atomic E-state index is 12.7. The molecule has 1 aromatic carbocycles. The van der Waals surface area contributed by atoms with E-state index >= 15 is 0 Å². The van der Waals surface area contributed by atoms with Crippen LogP contribution in [-0.2, 0) is 83.0 Å². The van der Waals surface area contributed by atoms with Gasteiger partial charge in [-0.05, 0) is 5.56 Å². The van der Waals surface area contributed by atoms with Crippen molar-refractivity contribution < 1.29 is 223 Å². The number of rotatable bonds is 20. The van der Waals surface area contributed by atoms with E-state index in [-0.39, 0.29) is 102 Å². The number of benzene rings is 1. The third-order valence-electron chi connectivity index (χ3n) is 11.0. The number of aliphatic carboxylic acids is 2. The number of nitrogens with one attached hydrogen (secondary N) is 3. The van der Waals surface area contributed by atoms with E-state index in [9.17, 15) is 88.0 Å². The Hall–Kier alpha value is -1.40. The molecule has 3 amide bonds. The Kier molecular flexibility index (Phi) is 28.4. The van der Waals surface area contributed by atoms with Gasteiger partial charge in [-0.25, -0.2) is 13.2 Å². The van der Waals surface area contributed by atoms with Gasteiger partial charge in [0.1, 0.15) is 104 Å². The van der Waals surface area contributed by atoms with E-state index in [1.807, 2.05) is 0 Å². The summed E-state index contributed by atoms with van der Waals surface area (Å²) in [5.74, 6) is -6.21. The normalized spacial score (nSPS) is 36.4. The van der Waals surface area contributed by atoms with Crippen LogP contribution in [-0.4, -0.2) is 233 Å². The number of aliphatic hydroxyl groups excluding tert-OH is 8. The quantitative estimate of drug-likeness (QED) is 0.0250. The van der Waals surface area contributed by atoms with Crippen molar-refractivity contribution >= 4 is 40.2 Å². The van der Waals surface area contributed by atoms with E-state index in [4.69, 9.17) is 42.6 Å². The van der Waals surface area contributed by atoms with Crippen molar-refractivity contribution in [2.45, 2.75) is 143 Å². The predicted octanol–water partition coefficient (Wildman–Crippen LogP) is -19.5. The monoisotopic (exact) mass is 1100 g/mol. The fourth-order valence-corrected chi connectivity index (χ4v) is 8.25. The third kappa shape index (κ3) is 18.1. The van der Waals surface area contributed by atoms with Gasteiger partial charge < -0.3 is 124 Å². The molecule has 0 saturated carbocycles. The van der Waals surface area contributed by atoms with Crippen molar-refractivity contribution in [3.63, 3.8) is 0 Å². The fraction of sp³-hybridized carbons (Fsp3) is 0.711. The second kappa shape index (κ2) is 30.7. The summed E-state index contributed by atoms with van der Waals surface area (Å²) in [6.07, 6.45) is -41.1. The number of ether oxygens (including phenoxy) is 9. The molecule has 35 heteroatoms. The van der Waals surface area contributed by atoms with Gasteiger partial charge in [0.05, 0.1) is 31.8 Å². The summed E-state index contributed by atoms with van der Waals surface area (Å²) in [5, 5.41) is 117. The maximum Gasteiger partial charge on any atom is 1.00 e. The molecule has 5 rings (SSSR count). The van der Waals surface area contributed by atoms with Crippen molar-refractivity contribution in [3.05, 3.63) is 35.9 Å². The molecule has 31 nitrogen and oxygen atoms in total. The van der Waals surface area contributed by atoms with Gasteiger partial charge in [0.25, 0.3) is 0 Å². The summed E-state index contributed by atoms with van der Waals surface area (Å²) in [6.45, 7) is -1.30. The van der Waals surface area contributed by atoms with E-state index in [0.717, 1.165) is 13.8 Å². The maximum absolute atomic E-state index is 12.7. The number of carbonyl (C=O) groups excluding carboxylic acids is 5. The van der Waals surface area contributed by atoms with Crippen molar-refractivity contribution in [2.75, 3.05) is 26.4 Å². The zero-order chi connectivity index (χ0) is 51.8. The van der Waals surface area contributed by atoms with Crippen LogP contribution in [0.5, 0.6) is 0 Å². The molecule has 4 aliphatic heterocycles. The molecule has 396 valence electrons. The van der Waals surface area contributed by atoms with Crippen LogP contribution in [0.1, 0.15) is 19.4 Å². The van der Waals surface area contributed by atoms with Gasteiger partial charge >= 0.3 is 94.8 Å². The van der Waals surface area contributed by atoms with Crippen LogP contribution < -0.4 is 115 Å².